The van der Waals surface area contributed by atoms with Crippen LogP contribution in [0.15, 0.2) is 59.5 Å². The van der Waals surface area contributed by atoms with Gasteiger partial charge in [0.2, 0.25) is 5.91 Å². The van der Waals surface area contributed by atoms with Crippen LogP contribution >= 0.6 is 0 Å². The van der Waals surface area contributed by atoms with Gasteiger partial charge in [0.05, 0.1) is 10.6 Å². The molecule has 2 aromatic rings. The Balaban J connectivity index is 2.31. The maximum atomic E-state index is 13.1. The van der Waals surface area contributed by atoms with E-state index >= 15 is 0 Å². The van der Waals surface area contributed by atoms with Gasteiger partial charge in [0.1, 0.15) is 6.54 Å². The third kappa shape index (κ3) is 5.06. The molecule has 0 radical (unpaired) electrons. The number of carbonyl (C=O) groups excluding carboxylic acids is 1. The molecule has 2 rings (SSSR count). The van der Waals surface area contributed by atoms with Crippen molar-refractivity contribution in [2.45, 2.75) is 31.6 Å². The molecule has 2 aromatic carbocycles. The van der Waals surface area contributed by atoms with Crippen LogP contribution in [0.4, 0.5) is 5.69 Å². The zero-order valence-corrected chi connectivity index (χ0v) is 15.4. The van der Waals surface area contributed by atoms with E-state index in [0.29, 0.717) is 12.2 Å². The molecule has 0 aromatic heterocycles. The highest BCUT2D eigenvalue weighted by Crippen LogP contribution is 2.23. The molecule has 25 heavy (non-hydrogen) atoms. The molecule has 0 aliphatic carbocycles. The van der Waals surface area contributed by atoms with Gasteiger partial charge in [-0.1, -0.05) is 49.2 Å². The zero-order chi connectivity index (χ0) is 18.3. The second-order valence-corrected chi connectivity index (χ2v) is 7.73. The van der Waals surface area contributed by atoms with E-state index in [0.717, 1.165) is 22.7 Å². The van der Waals surface area contributed by atoms with Crippen molar-refractivity contribution in [1.82, 2.24) is 5.32 Å². The number of hydrogen-bond donors (Lipinski definition) is 1. The van der Waals surface area contributed by atoms with Crippen LogP contribution in [0.25, 0.3) is 0 Å². The molecule has 1 amide bonds. The number of sulfonamides is 1. The summed E-state index contributed by atoms with van der Waals surface area (Å²) in [4.78, 5) is 12.4. The number of para-hydroxylation sites is 1. The molecule has 0 unspecified atom stereocenters. The summed E-state index contributed by atoms with van der Waals surface area (Å²) in [5.41, 5.74) is 1.44. The maximum absolute atomic E-state index is 13.1. The third-order valence-electron chi connectivity index (χ3n) is 3.79. The van der Waals surface area contributed by atoms with Crippen molar-refractivity contribution in [2.75, 3.05) is 17.4 Å². The van der Waals surface area contributed by atoms with Crippen LogP contribution < -0.4 is 9.62 Å². The molecule has 0 spiro atoms. The number of benzene rings is 2. The number of carbonyl (C=O) groups is 1. The van der Waals surface area contributed by atoms with Crippen molar-refractivity contribution in [3.8, 4) is 0 Å². The Hall–Kier alpha value is -2.34. The standard InChI is InChI=1S/C19H24N2O3S/c1-3-4-14-20-19(22)15-21(17-8-6-5-7-9-17)25(23,24)18-12-10-16(2)11-13-18/h5-13H,3-4,14-15H2,1-2H3,(H,20,22). The summed E-state index contributed by atoms with van der Waals surface area (Å²) in [5.74, 6) is -0.312. The number of unbranched alkanes of at least 4 members (excludes halogenated alkanes) is 1. The Morgan fingerprint density at radius 2 is 1.68 bits per heavy atom. The van der Waals surface area contributed by atoms with Gasteiger partial charge in [-0.05, 0) is 37.6 Å². The average molecular weight is 360 g/mol. The number of amides is 1. The third-order valence-corrected chi connectivity index (χ3v) is 5.58. The van der Waals surface area contributed by atoms with Crippen molar-refractivity contribution in [3.63, 3.8) is 0 Å². The first-order valence-electron chi connectivity index (χ1n) is 8.36. The van der Waals surface area contributed by atoms with Crippen LogP contribution in [-0.4, -0.2) is 27.4 Å². The summed E-state index contributed by atoms with van der Waals surface area (Å²) in [7, 11) is -3.82. The molecule has 0 saturated heterocycles. The van der Waals surface area contributed by atoms with Crippen LogP contribution in [0.3, 0.4) is 0 Å². The van der Waals surface area contributed by atoms with Gasteiger partial charge in [0.25, 0.3) is 10.0 Å². The molecule has 0 bridgehead atoms. The van der Waals surface area contributed by atoms with Crippen molar-refractivity contribution >= 4 is 21.6 Å². The first-order valence-corrected chi connectivity index (χ1v) is 9.80. The van der Waals surface area contributed by atoms with Crippen LogP contribution in [0.5, 0.6) is 0 Å². The molecule has 5 nitrogen and oxygen atoms in total. The number of anilines is 1. The Morgan fingerprint density at radius 3 is 2.28 bits per heavy atom. The monoisotopic (exact) mass is 360 g/mol. The number of rotatable bonds is 8. The summed E-state index contributed by atoms with van der Waals surface area (Å²) in [6, 6.07) is 15.3. The first kappa shape index (κ1) is 19.0. The van der Waals surface area contributed by atoms with Crippen LogP contribution in [0, 0.1) is 6.92 Å². The molecule has 0 atom stereocenters. The normalized spacial score (nSPS) is 11.1. The minimum Gasteiger partial charge on any atom is -0.355 e. The molecule has 6 heteroatoms. The lowest BCUT2D eigenvalue weighted by molar-refractivity contribution is -0.119. The molecule has 0 aliphatic rings. The maximum Gasteiger partial charge on any atom is 0.264 e. The van der Waals surface area contributed by atoms with Gasteiger partial charge in [-0.25, -0.2) is 8.42 Å². The topological polar surface area (TPSA) is 66.5 Å². The van der Waals surface area contributed by atoms with E-state index in [4.69, 9.17) is 0 Å². The van der Waals surface area contributed by atoms with Gasteiger partial charge in [-0.3, -0.25) is 9.10 Å². The zero-order valence-electron chi connectivity index (χ0n) is 14.6. The van der Waals surface area contributed by atoms with Crippen LogP contribution in [-0.2, 0) is 14.8 Å². The predicted molar refractivity (Wildman–Crippen MR) is 100 cm³/mol. The number of aryl methyl sites for hydroxylation is 1. The number of nitrogens with zero attached hydrogens (tertiary/aromatic N) is 1. The molecule has 0 heterocycles. The predicted octanol–water partition coefficient (Wildman–Crippen LogP) is 3.11. The van der Waals surface area contributed by atoms with Crippen molar-refractivity contribution < 1.29 is 13.2 Å². The largest absolute Gasteiger partial charge is 0.355 e. The van der Waals surface area contributed by atoms with E-state index in [-0.39, 0.29) is 17.3 Å². The second-order valence-electron chi connectivity index (χ2n) is 5.86. The summed E-state index contributed by atoms with van der Waals surface area (Å²) < 4.78 is 27.3. The Kier molecular flexibility index (Phi) is 6.58. The minimum atomic E-state index is -3.82. The molecule has 1 N–H and O–H groups in total. The number of hydrogen-bond acceptors (Lipinski definition) is 3. The average Bonchev–Trinajstić information content (AvgIpc) is 2.61. The summed E-state index contributed by atoms with van der Waals surface area (Å²) in [5, 5.41) is 2.77. The van der Waals surface area contributed by atoms with Gasteiger partial charge in [0, 0.05) is 6.54 Å². The van der Waals surface area contributed by atoms with Gasteiger partial charge in [-0.2, -0.15) is 0 Å². The van der Waals surface area contributed by atoms with Crippen molar-refractivity contribution in [2.24, 2.45) is 0 Å². The van der Waals surface area contributed by atoms with E-state index in [1.165, 1.54) is 0 Å². The molecular formula is C19H24N2O3S. The molecular weight excluding hydrogens is 336 g/mol. The Labute approximate surface area is 149 Å². The highest BCUT2D eigenvalue weighted by molar-refractivity contribution is 7.92. The lowest BCUT2D eigenvalue weighted by Crippen LogP contribution is -2.41. The van der Waals surface area contributed by atoms with Gasteiger partial charge >= 0.3 is 0 Å². The highest BCUT2D eigenvalue weighted by atomic mass is 32.2. The fourth-order valence-corrected chi connectivity index (χ4v) is 3.76. The van der Waals surface area contributed by atoms with E-state index in [1.807, 2.05) is 19.9 Å². The molecule has 0 aliphatic heterocycles. The van der Waals surface area contributed by atoms with E-state index in [1.54, 1.807) is 48.5 Å². The summed E-state index contributed by atoms with van der Waals surface area (Å²) in [6.07, 6.45) is 1.83. The first-order chi connectivity index (χ1) is 11.9. The lowest BCUT2D eigenvalue weighted by Gasteiger charge is -2.24. The summed E-state index contributed by atoms with van der Waals surface area (Å²) >= 11 is 0. The van der Waals surface area contributed by atoms with Gasteiger partial charge in [0.15, 0.2) is 0 Å². The molecule has 0 saturated carbocycles. The Morgan fingerprint density at radius 1 is 1.04 bits per heavy atom. The minimum absolute atomic E-state index is 0.170. The van der Waals surface area contributed by atoms with Gasteiger partial charge in [-0.15, -0.1) is 0 Å². The molecule has 0 fully saturated rings. The van der Waals surface area contributed by atoms with Crippen molar-refractivity contribution in [1.29, 1.82) is 0 Å². The number of nitrogens with one attached hydrogen (secondary N) is 1. The van der Waals surface area contributed by atoms with E-state index in [9.17, 15) is 13.2 Å². The highest BCUT2D eigenvalue weighted by Gasteiger charge is 2.26. The van der Waals surface area contributed by atoms with Gasteiger partial charge < -0.3 is 5.32 Å². The smallest absolute Gasteiger partial charge is 0.264 e. The fraction of sp³-hybridized carbons (Fsp3) is 0.316. The summed E-state index contributed by atoms with van der Waals surface area (Å²) in [6.45, 7) is 4.23. The Bertz CT molecular complexity index is 787. The van der Waals surface area contributed by atoms with E-state index < -0.39 is 10.0 Å². The van der Waals surface area contributed by atoms with E-state index in [2.05, 4.69) is 5.32 Å². The SMILES string of the molecule is CCCCNC(=O)CN(c1ccccc1)S(=O)(=O)c1ccc(C)cc1. The molecule has 134 valence electrons. The quantitative estimate of drug-likeness (QED) is 0.736. The second kappa shape index (κ2) is 8.67. The van der Waals surface area contributed by atoms with Crippen LogP contribution in [0.2, 0.25) is 0 Å². The fourth-order valence-electron chi connectivity index (χ4n) is 2.34. The lowest BCUT2D eigenvalue weighted by atomic mass is 10.2. The van der Waals surface area contributed by atoms with Crippen LogP contribution in [0.1, 0.15) is 25.3 Å². The van der Waals surface area contributed by atoms with Crippen molar-refractivity contribution in [3.05, 3.63) is 60.2 Å².